The molecule has 0 unspecified atom stereocenters. The van der Waals surface area contributed by atoms with Crippen molar-refractivity contribution in [3.63, 3.8) is 0 Å². The molecule has 0 atom stereocenters. The van der Waals surface area contributed by atoms with Crippen molar-refractivity contribution in [3.05, 3.63) is 34.9 Å². The van der Waals surface area contributed by atoms with Crippen LogP contribution in [0.3, 0.4) is 0 Å². The number of hydrogen-bond donors (Lipinski definition) is 2. The van der Waals surface area contributed by atoms with E-state index in [1.165, 1.54) is 16.7 Å². The Labute approximate surface area is 162 Å². The first kappa shape index (κ1) is 20.7. The van der Waals surface area contributed by atoms with E-state index < -0.39 is 0 Å². The summed E-state index contributed by atoms with van der Waals surface area (Å²) in [5, 5.41) is 6.34. The van der Waals surface area contributed by atoms with Crippen LogP contribution in [0, 0.1) is 13.8 Å². The van der Waals surface area contributed by atoms with Gasteiger partial charge in [0.1, 0.15) is 0 Å². The Morgan fingerprint density at radius 3 is 2.54 bits per heavy atom. The number of guanidine groups is 1. The molecule has 6 heteroatoms. The second-order valence-corrected chi connectivity index (χ2v) is 6.07. The van der Waals surface area contributed by atoms with E-state index in [1.807, 2.05) is 11.8 Å². The fourth-order valence-electron chi connectivity index (χ4n) is 2.77. The van der Waals surface area contributed by atoms with E-state index in [2.05, 4.69) is 47.7 Å². The van der Waals surface area contributed by atoms with Crippen LogP contribution in [0.5, 0.6) is 0 Å². The predicted octanol–water partition coefficient (Wildman–Crippen LogP) is 2.60. The summed E-state index contributed by atoms with van der Waals surface area (Å²) in [5.41, 5.74) is 3.72. The van der Waals surface area contributed by atoms with Crippen molar-refractivity contribution in [1.29, 1.82) is 0 Å². The molecule has 24 heavy (non-hydrogen) atoms. The molecule has 1 heterocycles. The topological polar surface area (TPSA) is 56.7 Å². The molecule has 5 nitrogen and oxygen atoms in total. The van der Waals surface area contributed by atoms with Crippen LogP contribution in [-0.4, -0.2) is 42.9 Å². The van der Waals surface area contributed by atoms with Crippen LogP contribution in [0.2, 0.25) is 0 Å². The smallest absolute Gasteiger partial charge is 0.241 e. The number of aliphatic imine (C=N–C) groups is 1. The number of benzene rings is 1. The van der Waals surface area contributed by atoms with Crippen molar-refractivity contribution >= 4 is 35.8 Å². The second-order valence-electron chi connectivity index (χ2n) is 6.07. The number of nitrogens with zero attached hydrogens (tertiary/aromatic N) is 2. The molecule has 1 saturated heterocycles. The van der Waals surface area contributed by atoms with E-state index in [-0.39, 0.29) is 29.9 Å². The minimum atomic E-state index is 0. The number of hydrogen-bond acceptors (Lipinski definition) is 2. The number of carbonyl (C=O) groups excluding carboxylic acids is 1. The number of likely N-dealkylation sites (tertiary alicyclic amines) is 1. The molecule has 1 aromatic rings. The van der Waals surface area contributed by atoms with E-state index in [4.69, 9.17) is 0 Å². The van der Waals surface area contributed by atoms with Gasteiger partial charge in [-0.25, -0.2) is 4.99 Å². The molecule has 1 aliphatic heterocycles. The molecule has 0 aliphatic carbocycles. The fourth-order valence-corrected chi connectivity index (χ4v) is 2.77. The molecule has 1 fully saturated rings. The maximum Gasteiger partial charge on any atom is 0.241 e. The Kier molecular flexibility index (Phi) is 9.10. The Morgan fingerprint density at radius 1 is 1.21 bits per heavy atom. The zero-order chi connectivity index (χ0) is 16.7. The molecule has 134 valence electrons. The third-order valence-electron chi connectivity index (χ3n) is 4.12. The normalized spacial score (nSPS) is 14.3. The number of aryl methyl sites for hydroxylation is 2. The third-order valence-corrected chi connectivity index (χ3v) is 4.12. The summed E-state index contributed by atoms with van der Waals surface area (Å²) in [4.78, 5) is 18.6. The van der Waals surface area contributed by atoms with Gasteiger partial charge >= 0.3 is 0 Å². The summed E-state index contributed by atoms with van der Waals surface area (Å²) in [5.74, 6) is 0.847. The van der Waals surface area contributed by atoms with Crippen LogP contribution >= 0.6 is 24.0 Å². The Hall–Kier alpha value is -1.31. The van der Waals surface area contributed by atoms with Gasteiger partial charge in [-0.05, 0) is 44.7 Å². The molecule has 0 radical (unpaired) electrons. The minimum absolute atomic E-state index is 0. The summed E-state index contributed by atoms with van der Waals surface area (Å²) in [7, 11) is 0. The lowest BCUT2D eigenvalue weighted by molar-refractivity contribution is -0.128. The van der Waals surface area contributed by atoms with E-state index in [0.29, 0.717) is 19.0 Å². The van der Waals surface area contributed by atoms with Crippen molar-refractivity contribution in [3.8, 4) is 0 Å². The van der Waals surface area contributed by atoms with Crippen molar-refractivity contribution < 1.29 is 4.79 Å². The van der Waals surface area contributed by atoms with Crippen molar-refractivity contribution in [2.45, 2.75) is 40.2 Å². The second kappa shape index (κ2) is 10.5. The van der Waals surface area contributed by atoms with Crippen LogP contribution in [0.4, 0.5) is 0 Å². The first-order valence-corrected chi connectivity index (χ1v) is 8.46. The van der Waals surface area contributed by atoms with E-state index in [9.17, 15) is 4.79 Å². The largest absolute Gasteiger partial charge is 0.357 e. The Bertz CT molecular complexity index is 568. The fraction of sp³-hybridized carbons (Fsp3) is 0.556. The van der Waals surface area contributed by atoms with Crippen LogP contribution in [-0.2, 0) is 11.3 Å². The quantitative estimate of drug-likeness (QED) is 0.417. The van der Waals surface area contributed by atoms with Crippen LogP contribution < -0.4 is 10.6 Å². The van der Waals surface area contributed by atoms with Gasteiger partial charge in [-0.3, -0.25) is 4.79 Å². The molecule has 1 aliphatic rings. The molecule has 2 rings (SSSR count). The van der Waals surface area contributed by atoms with Gasteiger partial charge in [-0.2, -0.15) is 0 Å². The average molecular weight is 444 g/mol. The van der Waals surface area contributed by atoms with Gasteiger partial charge in [0.25, 0.3) is 0 Å². The number of nitrogens with one attached hydrogen (secondary N) is 2. The maximum atomic E-state index is 12.1. The van der Waals surface area contributed by atoms with E-state index in [0.717, 1.165) is 32.5 Å². The molecule has 0 spiro atoms. The standard InChI is InChI=1S/C18H28N4O.HI/c1-4-19-18(21-13-17(23)22-9-5-6-10-22)20-12-16-8-7-14(2)11-15(16)3;/h7-8,11H,4-6,9-10,12-13H2,1-3H3,(H2,19,20,21);1H. The lowest BCUT2D eigenvalue weighted by Crippen LogP contribution is -2.44. The highest BCUT2D eigenvalue weighted by molar-refractivity contribution is 14.0. The lowest BCUT2D eigenvalue weighted by atomic mass is 10.1. The number of rotatable bonds is 5. The monoisotopic (exact) mass is 444 g/mol. The minimum Gasteiger partial charge on any atom is -0.357 e. The van der Waals surface area contributed by atoms with Crippen LogP contribution in [0.1, 0.15) is 36.5 Å². The highest BCUT2D eigenvalue weighted by atomic mass is 127. The van der Waals surface area contributed by atoms with Crippen molar-refractivity contribution in [2.75, 3.05) is 26.2 Å². The van der Waals surface area contributed by atoms with Gasteiger partial charge in [0.15, 0.2) is 5.96 Å². The van der Waals surface area contributed by atoms with Gasteiger partial charge in [0.2, 0.25) is 5.91 Å². The summed E-state index contributed by atoms with van der Waals surface area (Å²) in [6.07, 6.45) is 2.24. The van der Waals surface area contributed by atoms with Crippen LogP contribution in [0.15, 0.2) is 23.2 Å². The summed E-state index contributed by atoms with van der Waals surface area (Å²) >= 11 is 0. The number of amides is 1. The molecule has 0 saturated carbocycles. The zero-order valence-electron chi connectivity index (χ0n) is 14.9. The predicted molar refractivity (Wildman–Crippen MR) is 110 cm³/mol. The van der Waals surface area contributed by atoms with Gasteiger partial charge < -0.3 is 15.5 Å². The molecule has 0 aromatic heterocycles. The van der Waals surface area contributed by atoms with Gasteiger partial charge in [0.05, 0.1) is 13.1 Å². The van der Waals surface area contributed by atoms with E-state index >= 15 is 0 Å². The highest BCUT2D eigenvalue weighted by Gasteiger charge is 2.17. The Balaban J connectivity index is 0.00000288. The van der Waals surface area contributed by atoms with Crippen LogP contribution in [0.25, 0.3) is 0 Å². The zero-order valence-corrected chi connectivity index (χ0v) is 17.2. The van der Waals surface area contributed by atoms with Gasteiger partial charge in [-0.1, -0.05) is 23.8 Å². The molecule has 1 amide bonds. The molecular weight excluding hydrogens is 415 g/mol. The summed E-state index contributed by atoms with van der Waals surface area (Å²) in [6.45, 7) is 9.68. The third kappa shape index (κ3) is 6.30. The SMILES string of the molecule is CCNC(=NCc1ccc(C)cc1C)NCC(=O)N1CCCC1.I. The van der Waals surface area contributed by atoms with Gasteiger partial charge in [0, 0.05) is 19.6 Å². The molecule has 2 N–H and O–H groups in total. The molecule has 1 aromatic carbocycles. The first-order valence-electron chi connectivity index (χ1n) is 8.46. The number of carbonyl (C=O) groups is 1. The summed E-state index contributed by atoms with van der Waals surface area (Å²) < 4.78 is 0. The lowest BCUT2D eigenvalue weighted by Gasteiger charge is -2.17. The highest BCUT2D eigenvalue weighted by Crippen LogP contribution is 2.11. The van der Waals surface area contributed by atoms with Gasteiger partial charge in [-0.15, -0.1) is 24.0 Å². The van der Waals surface area contributed by atoms with Crippen molar-refractivity contribution in [2.24, 2.45) is 4.99 Å². The average Bonchev–Trinajstić information content (AvgIpc) is 3.05. The number of halogens is 1. The Morgan fingerprint density at radius 2 is 1.92 bits per heavy atom. The summed E-state index contributed by atoms with van der Waals surface area (Å²) in [6, 6.07) is 6.39. The first-order chi connectivity index (χ1) is 11.1. The van der Waals surface area contributed by atoms with E-state index in [1.54, 1.807) is 0 Å². The molecule has 0 bridgehead atoms. The molecular formula is C18H29IN4O. The van der Waals surface area contributed by atoms with Crippen molar-refractivity contribution in [1.82, 2.24) is 15.5 Å². The maximum absolute atomic E-state index is 12.1.